The first kappa shape index (κ1) is 11.2. The first-order valence-corrected chi connectivity index (χ1v) is 5.56. The van der Waals surface area contributed by atoms with Crippen molar-refractivity contribution < 1.29 is 9.13 Å². The van der Waals surface area contributed by atoms with E-state index in [1.54, 1.807) is 0 Å². The van der Waals surface area contributed by atoms with Crippen LogP contribution in [0.2, 0.25) is 5.02 Å². The average molecular weight is 240 g/mol. The van der Waals surface area contributed by atoms with Crippen LogP contribution in [0, 0.1) is 23.1 Å². The van der Waals surface area contributed by atoms with E-state index < -0.39 is 5.82 Å². The monoisotopic (exact) mass is 239 g/mol. The van der Waals surface area contributed by atoms with Gasteiger partial charge >= 0.3 is 0 Å². The largest absolute Gasteiger partial charge is 0.491 e. The zero-order valence-corrected chi connectivity index (χ0v) is 9.43. The maximum Gasteiger partial charge on any atom is 0.142 e. The molecule has 0 aliphatic heterocycles. The smallest absolute Gasteiger partial charge is 0.142 e. The Bertz CT molecular complexity index is 437. The highest BCUT2D eigenvalue weighted by Gasteiger charge is 2.23. The summed E-state index contributed by atoms with van der Waals surface area (Å²) >= 11 is 5.90. The molecule has 0 amide bonds. The molecule has 2 rings (SSSR count). The molecule has 0 bridgehead atoms. The normalized spacial score (nSPS) is 14.6. The van der Waals surface area contributed by atoms with Crippen LogP contribution in [0.4, 0.5) is 4.39 Å². The van der Waals surface area contributed by atoms with Crippen molar-refractivity contribution in [1.82, 2.24) is 0 Å². The van der Waals surface area contributed by atoms with E-state index in [9.17, 15) is 4.39 Å². The molecule has 0 atom stereocenters. The Morgan fingerprint density at radius 1 is 1.50 bits per heavy atom. The maximum atomic E-state index is 13.1. The van der Waals surface area contributed by atoms with Gasteiger partial charge in [-0.05, 0) is 30.9 Å². The molecule has 4 heteroatoms. The lowest BCUT2D eigenvalue weighted by atomic mass is 10.1. The summed E-state index contributed by atoms with van der Waals surface area (Å²) in [5.74, 6) is 0.613. The summed E-state index contributed by atoms with van der Waals surface area (Å²) in [4.78, 5) is 0. The van der Waals surface area contributed by atoms with Crippen molar-refractivity contribution in [2.45, 2.75) is 19.3 Å². The second-order valence-corrected chi connectivity index (χ2v) is 4.37. The Hall–Kier alpha value is -1.27. The molecule has 0 radical (unpaired) electrons. The summed E-state index contributed by atoms with van der Waals surface area (Å²) in [6.45, 7) is 0.601. The molecule has 0 spiro atoms. The Labute approximate surface area is 98.6 Å². The fraction of sp³-hybridized carbons (Fsp3) is 0.417. The Morgan fingerprint density at radius 3 is 2.88 bits per heavy atom. The lowest BCUT2D eigenvalue weighted by Crippen LogP contribution is -2.03. The maximum absolute atomic E-state index is 13.1. The zero-order chi connectivity index (χ0) is 11.5. The van der Waals surface area contributed by atoms with E-state index >= 15 is 0 Å². The van der Waals surface area contributed by atoms with Gasteiger partial charge in [0, 0.05) is 5.56 Å². The summed E-state index contributed by atoms with van der Waals surface area (Å²) in [6, 6.07) is 4.49. The molecule has 1 fully saturated rings. The van der Waals surface area contributed by atoms with Crippen LogP contribution < -0.4 is 4.74 Å². The summed E-state index contributed by atoms with van der Waals surface area (Å²) in [6.07, 6.45) is 2.45. The highest BCUT2D eigenvalue weighted by atomic mass is 35.5. The SMILES string of the molecule is N#CCc1cc(F)cc(Cl)c1OCC1CC1. The van der Waals surface area contributed by atoms with Gasteiger partial charge in [0.15, 0.2) is 0 Å². The van der Waals surface area contributed by atoms with E-state index in [0.717, 1.165) is 0 Å². The van der Waals surface area contributed by atoms with Crippen LogP contribution in [0.3, 0.4) is 0 Å². The number of hydrogen-bond acceptors (Lipinski definition) is 2. The molecule has 0 unspecified atom stereocenters. The molecule has 84 valence electrons. The Kier molecular flexibility index (Phi) is 3.31. The van der Waals surface area contributed by atoms with Crippen LogP contribution in [0.5, 0.6) is 5.75 Å². The molecule has 1 aromatic rings. The predicted octanol–water partition coefficient (Wildman–Crippen LogP) is 3.33. The number of rotatable bonds is 4. The van der Waals surface area contributed by atoms with Crippen LogP contribution in [0.1, 0.15) is 18.4 Å². The predicted molar refractivity (Wildman–Crippen MR) is 58.9 cm³/mol. The lowest BCUT2D eigenvalue weighted by molar-refractivity contribution is 0.297. The van der Waals surface area contributed by atoms with Crippen LogP contribution in [0.15, 0.2) is 12.1 Å². The Balaban J connectivity index is 2.21. The molecule has 1 aliphatic rings. The first-order chi connectivity index (χ1) is 7.70. The zero-order valence-electron chi connectivity index (χ0n) is 8.67. The molecule has 2 nitrogen and oxygen atoms in total. The van der Waals surface area contributed by atoms with E-state index in [4.69, 9.17) is 21.6 Å². The molecular formula is C12H11ClFNO. The molecule has 0 N–H and O–H groups in total. The molecule has 0 aromatic heterocycles. The second-order valence-electron chi connectivity index (χ2n) is 3.97. The first-order valence-electron chi connectivity index (χ1n) is 5.18. The standard InChI is InChI=1S/C12H11ClFNO/c13-11-6-10(14)5-9(3-4-15)12(11)16-7-8-1-2-8/h5-6,8H,1-3,7H2. The highest BCUT2D eigenvalue weighted by molar-refractivity contribution is 6.32. The summed E-state index contributed by atoms with van der Waals surface area (Å²) in [7, 11) is 0. The third-order valence-electron chi connectivity index (χ3n) is 2.52. The molecule has 16 heavy (non-hydrogen) atoms. The molecule has 0 heterocycles. The molecular weight excluding hydrogens is 229 g/mol. The molecule has 1 aromatic carbocycles. The van der Waals surface area contributed by atoms with E-state index in [2.05, 4.69) is 0 Å². The van der Waals surface area contributed by atoms with Gasteiger partial charge in [-0.15, -0.1) is 0 Å². The minimum absolute atomic E-state index is 0.109. The topological polar surface area (TPSA) is 33.0 Å². The minimum atomic E-state index is -0.436. The quantitative estimate of drug-likeness (QED) is 0.807. The van der Waals surface area contributed by atoms with Crippen molar-refractivity contribution >= 4 is 11.6 Å². The second kappa shape index (κ2) is 4.71. The van der Waals surface area contributed by atoms with Gasteiger partial charge < -0.3 is 4.74 Å². The molecule has 1 saturated carbocycles. The minimum Gasteiger partial charge on any atom is -0.491 e. The van der Waals surface area contributed by atoms with Gasteiger partial charge in [-0.1, -0.05) is 11.6 Å². The molecule has 0 saturated heterocycles. The molecule has 1 aliphatic carbocycles. The average Bonchev–Trinajstić information content (AvgIpc) is 3.00. The summed E-state index contributed by atoms with van der Waals surface area (Å²) in [5, 5.41) is 8.89. The van der Waals surface area contributed by atoms with Crippen LogP contribution in [-0.2, 0) is 6.42 Å². The van der Waals surface area contributed by atoms with Crippen molar-refractivity contribution in [1.29, 1.82) is 5.26 Å². The van der Waals surface area contributed by atoms with E-state index in [1.807, 2.05) is 6.07 Å². The fourth-order valence-corrected chi connectivity index (χ4v) is 1.76. The van der Waals surface area contributed by atoms with Crippen LogP contribution >= 0.6 is 11.6 Å². The third-order valence-corrected chi connectivity index (χ3v) is 2.80. The van der Waals surface area contributed by atoms with Crippen molar-refractivity contribution in [3.63, 3.8) is 0 Å². The van der Waals surface area contributed by atoms with Gasteiger partial charge in [-0.3, -0.25) is 0 Å². The van der Waals surface area contributed by atoms with Gasteiger partial charge in [-0.2, -0.15) is 5.26 Å². The van der Waals surface area contributed by atoms with Gasteiger partial charge in [0.2, 0.25) is 0 Å². The Morgan fingerprint density at radius 2 is 2.25 bits per heavy atom. The lowest BCUT2D eigenvalue weighted by Gasteiger charge is -2.11. The number of nitriles is 1. The third kappa shape index (κ3) is 2.65. The van der Waals surface area contributed by atoms with Crippen molar-refractivity contribution in [2.24, 2.45) is 5.92 Å². The summed E-state index contributed by atoms with van der Waals surface area (Å²) < 4.78 is 18.6. The number of benzene rings is 1. The number of hydrogen-bond donors (Lipinski definition) is 0. The van der Waals surface area contributed by atoms with Crippen molar-refractivity contribution in [2.75, 3.05) is 6.61 Å². The van der Waals surface area contributed by atoms with Gasteiger partial charge in [0.05, 0.1) is 24.1 Å². The number of ether oxygens (including phenoxy) is 1. The van der Waals surface area contributed by atoms with Crippen molar-refractivity contribution in [3.8, 4) is 11.8 Å². The van der Waals surface area contributed by atoms with Gasteiger partial charge in [0.1, 0.15) is 11.6 Å². The van der Waals surface area contributed by atoms with Crippen molar-refractivity contribution in [3.05, 3.63) is 28.5 Å². The number of nitrogens with zero attached hydrogens (tertiary/aromatic N) is 1. The van der Waals surface area contributed by atoms with E-state index in [-0.39, 0.29) is 11.4 Å². The highest BCUT2D eigenvalue weighted by Crippen LogP contribution is 2.34. The van der Waals surface area contributed by atoms with Crippen LogP contribution in [0.25, 0.3) is 0 Å². The number of halogens is 2. The van der Waals surface area contributed by atoms with Gasteiger partial charge in [-0.25, -0.2) is 4.39 Å². The fourth-order valence-electron chi connectivity index (χ4n) is 1.48. The summed E-state index contributed by atoms with van der Waals surface area (Å²) in [5.41, 5.74) is 0.521. The van der Waals surface area contributed by atoms with Gasteiger partial charge in [0.25, 0.3) is 0 Å². The van der Waals surface area contributed by atoms with E-state index in [1.165, 1.54) is 25.0 Å². The van der Waals surface area contributed by atoms with Crippen LogP contribution in [-0.4, -0.2) is 6.61 Å². The van der Waals surface area contributed by atoms with E-state index in [0.29, 0.717) is 23.8 Å².